The number of amides is 1. The number of carbonyl (C=O) groups excluding carboxylic acids is 1. The molecule has 0 fully saturated rings. The summed E-state index contributed by atoms with van der Waals surface area (Å²) >= 11 is 3.59. The zero-order chi connectivity index (χ0) is 14.4. The molecule has 0 aliphatic rings. The summed E-state index contributed by atoms with van der Waals surface area (Å²) in [6.07, 6.45) is 0. The molecule has 0 aromatic carbocycles. The molecule has 0 atom stereocenters. The van der Waals surface area contributed by atoms with Crippen molar-refractivity contribution in [1.29, 1.82) is 0 Å². The van der Waals surface area contributed by atoms with Crippen molar-refractivity contribution in [3.63, 3.8) is 0 Å². The van der Waals surface area contributed by atoms with Gasteiger partial charge in [-0.05, 0) is 43.2 Å². The quantitative estimate of drug-likeness (QED) is 0.831. The van der Waals surface area contributed by atoms with Gasteiger partial charge in [0.25, 0.3) is 0 Å². The highest BCUT2D eigenvalue weighted by molar-refractivity contribution is 9.10. The molecule has 1 heterocycles. The first-order valence-corrected chi connectivity index (χ1v) is 7.53. The van der Waals surface area contributed by atoms with Crippen molar-refractivity contribution in [1.82, 2.24) is 20.0 Å². The van der Waals surface area contributed by atoms with E-state index in [-0.39, 0.29) is 5.91 Å². The summed E-state index contributed by atoms with van der Waals surface area (Å²) in [5.41, 5.74) is 2.12. The van der Waals surface area contributed by atoms with Crippen LogP contribution in [-0.4, -0.2) is 40.2 Å². The summed E-state index contributed by atoms with van der Waals surface area (Å²) in [6.45, 7) is 11.5. The van der Waals surface area contributed by atoms with Crippen molar-refractivity contribution in [3.05, 3.63) is 15.9 Å². The summed E-state index contributed by atoms with van der Waals surface area (Å²) in [7, 11) is 0. The predicted molar refractivity (Wildman–Crippen MR) is 80.0 cm³/mol. The molecular weight excluding hydrogens is 308 g/mol. The van der Waals surface area contributed by atoms with E-state index in [1.165, 1.54) is 0 Å². The van der Waals surface area contributed by atoms with Gasteiger partial charge in [0.15, 0.2) is 0 Å². The lowest BCUT2D eigenvalue weighted by Crippen LogP contribution is -2.37. The fourth-order valence-corrected chi connectivity index (χ4v) is 2.38. The number of rotatable bonds is 7. The van der Waals surface area contributed by atoms with Gasteiger partial charge in [-0.3, -0.25) is 14.4 Å². The number of halogens is 1. The highest BCUT2D eigenvalue weighted by atomic mass is 79.9. The highest BCUT2D eigenvalue weighted by Gasteiger charge is 2.16. The zero-order valence-corrected chi connectivity index (χ0v) is 13.7. The van der Waals surface area contributed by atoms with Crippen LogP contribution in [0.25, 0.3) is 0 Å². The van der Waals surface area contributed by atoms with Crippen molar-refractivity contribution in [2.75, 3.05) is 19.6 Å². The Bertz CT molecular complexity index is 431. The Labute approximate surface area is 123 Å². The van der Waals surface area contributed by atoms with Gasteiger partial charge in [-0.1, -0.05) is 6.92 Å². The molecule has 19 heavy (non-hydrogen) atoms. The minimum absolute atomic E-state index is 0.0692. The van der Waals surface area contributed by atoms with Crippen molar-refractivity contribution < 1.29 is 4.79 Å². The number of nitrogens with zero attached hydrogens (tertiary/aromatic N) is 3. The molecule has 1 aromatic rings. The van der Waals surface area contributed by atoms with Crippen LogP contribution in [0.4, 0.5) is 0 Å². The molecule has 108 valence electrons. The van der Waals surface area contributed by atoms with E-state index < -0.39 is 0 Å². The van der Waals surface area contributed by atoms with Crippen molar-refractivity contribution in [2.24, 2.45) is 0 Å². The monoisotopic (exact) mass is 330 g/mol. The molecule has 1 rings (SSSR count). The topological polar surface area (TPSA) is 50.2 Å². The maximum absolute atomic E-state index is 11.7. The minimum atomic E-state index is 0.0692. The predicted octanol–water partition coefficient (Wildman–Crippen LogP) is 1.93. The van der Waals surface area contributed by atoms with E-state index in [0.29, 0.717) is 13.1 Å². The van der Waals surface area contributed by atoms with Gasteiger partial charge in [0, 0.05) is 19.6 Å². The summed E-state index contributed by atoms with van der Waals surface area (Å²) in [6, 6.07) is 0. The summed E-state index contributed by atoms with van der Waals surface area (Å²) in [4.78, 5) is 13.8. The number of aromatic nitrogens is 2. The number of carbonyl (C=O) groups is 1. The lowest BCUT2D eigenvalue weighted by Gasteiger charge is -2.20. The summed E-state index contributed by atoms with van der Waals surface area (Å²) in [5, 5.41) is 7.30. The van der Waals surface area contributed by atoms with Crippen molar-refractivity contribution in [3.8, 4) is 0 Å². The van der Waals surface area contributed by atoms with E-state index >= 15 is 0 Å². The maximum Gasteiger partial charge on any atom is 0.234 e. The SMILES string of the molecule is CCNC(=O)CN(CC)Cc1c(Br)c(C)nn1CC. The molecule has 0 aliphatic heterocycles. The van der Waals surface area contributed by atoms with Crippen LogP contribution in [-0.2, 0) is 17.9 Å². The Kier molecular flexibility index (Phi) is 6.51. The molecule has 0 saturated heterocycles. The summed E-state index contributed by atoms with van der Waals surface area (Å²) in [5.74, 6) is 0.0692. The largest absolute Gasteiger partial charge is 0.355 e. The van der Waals surface area contributed by atoms with Gasteiger partial charge in [-0.15, -0.1) is 0 Å². The Morgan fingerprint density at radius 2 is 2.11 bits per heavy atom. The van der Waals surface area contributed by atoms with Crippen molar-refractivity contribution >= 4 is 21.8 Å². The average molecular weight is 331 g/mol. The van der Waals surface area contributed by atoms with Gasteiger partial charge < -0.3 is 5.32 Å². The second-order valence-corrected chi connectivity index (χ2v) is 5.21. The number of aryl methyl sites for hydroxylation is 2. The van der Waals surface area contributed by atoms with E-state index in [1.807, 2.05) is 18.5 Å². The normalized spacial score (nSPS) is 11.1. The molecule has 1 amide bonds. The van der Waals surface area contributed by atoms with Crippen molar-refractivity contribution in [2.45, 2.75) is 40.8 Å². The van der Waals surface area contributed by atoms with Gasteiger partial charge in [0.2, 0.25) is 5.91 Å². The van der Waals surface area contributed by atoms with E-state index in [9.17, 15) is 4.79 Å². The Morgan fingerprint density at radius 3 is 2.63 bits per heavy atom. The third kappa shape index (κ3) is 4.31. The lowest BCUT2D eigenvalue weighted by atomic mass is 10.3. The third-order valence-electron chi connectivity index (χ3n) is 3.01. The van der Waals surface area contributed by atoms with Crippen LogP contribution in [0.15, 0.2) is 4.47 Å². The fourth-order valence-electron chi connectivity index (χ4n) is 1.97. The average Bonchev–Trinajstić information content (AvgIpc) is 2.65. The second-order valence-electron chi connectivity index (χ2n) is 4.42. The second kappa shape index (κ2) is 7.65. The van der Waals surface area contributed by atoms with Crippen LogP contribution < -0.4 is 5.32 Å². The Morgan fingerprint density at radius 1 is 1.42 bits per heavy atom. The van der Waals surface area contributed by atoms with E-state index in [4.69, 9.17) is 0 Å². The molecule has 0 bridgehead atoms. The summed E-state index contributed by atoms with van der Waals surface area (Å²) < 4.78 is 3.03. The van der Waals surface area contributed by atoms with Gasteiger partial charge in [0.1, 0.15) is 0 Å². The number of nitrogens with one attached hydrogen (secondary N) is 1. The first-order valence-electron chi connectivity index (χ1n) is 6.74. The van der Waals surface area contributed by atoms with Gasteiger partial charge in [0.05, 0.1) is 22.4 Å². The zero-order valence-electron chi connectivity index (χ0n) is 12.2. The van der Waals surface area contributed by atoms with Crippen LogP contribution >= 0.6 is 15.9 Å². The maximum atomic E-state index is 11.7. The molecule has 6 heteroatoms. The fraction of sp³-hybridized carbons (Fsp3) is 0.692. The minimum Gasteiger partial charge on any atom is -0.355 e. The van der Waals surface area contributed by atoms with Gasteiger partial charge in [-0.25, -0.2) is 0 Å². The Hall–Kier alpha value is -0.880. The van der Waals surface area contributed by atoms with E-state index in [0.717, 1.165) is 35.5 Å². The van der Waals surface area contributed by atoms with Crippen LogP contribution in [0, 0.1) is 6.92 Å². The third-order valence-corrected chi connectivity index (χ3v) is 4.05. The smallest absolute Gasteiger partial charge is 0.234 e. The van der Waals surface area contributed by atoms with E-state index in [2.05, 4.69) is 45.1 Å². The molecule has 0 radical (unpaired) electrons. The number of hydrogen-bond acceptors (Lipinski definition) is 3. The first kappa shape index (κ1) is 16.2. The molecule has 0 unspecified atom stereocenters. The van der Waals surface area contributed by atoms with Gasteiger partial charge in [-0.2, -0.15) is 5.10 Å². The number of likely N-dealkylation sites (N-methyl/N-ethyl adjacent to an activating group) is 2. The van der Waals surface area contributed by atoms with Gasteiger partial charge >= 0.3 is 0 Å². The standard InChI is InChI=1S/C13H23BrN4O/c1-5-15-12(19)9-17(6-2)8-11-13(14)10(4)16-18(11)7-3/h5-9H2,1-4H3,(H,15,19). The molecule has 5 nitrogen and oxygen atoms in total. The highest BCUT2D eigenvalue weighted by Crippen LogP contribution is 2.22. The first-order chi connectivity index (χ1) is 9.03. The molecule has 0 aliphatic carbocycles. The van der Waals surface area contributed by atoms with Crippen LogP contribution in [0.3, 0.4) is 0 Å². The lowest BCUT2D eigenvalue weighted by molar-refractivity contribution is -0.122. The van der Waals surface area contributed by atoms with E-state index in [1.54, 1.807) is 0 Å². The van der Waals surface area contributed by atoms with Crippen LogP contribution in [0.5, 0.6) is 0 Å². The number of hydrogen-bond donors (Lipinski definition) is 1. The molecule has 1 N–H and O–H groups in total. The molecule has 0 spiro atoms. The Balaban J connectivity index is 2.78. The van der Waals surface area contributed by atoms with Crippen LogP contribution in [0.2, 0.25) is 0 Å². The van der Waals surface area contributed by atoms with Crippen LogP contribution in [0.1, 0.15) is 32.2 Å². The molecular formula is C13H23BrN4O. The molecule has 0 saturated carbocycles. The molecule has 1 aromatic heterocycles.